The number of benzene rings is 2. The first-order chi connectivity index (χ1) is 13.2. The lowest BCUT2D eigenvalue weighted by atomic mass is 10.0. The highest BCUT2D eigenvalue weighted by Crippen LogP contribution is 2.38. The number of aliphatic hydroxyl groups is 2. The Morgan fingerprint density at radius 1 is 0.926 bits per heavy atom. The third kappa shape index (κ3) is 5.54. The van der Waals surface area contributed by atoms with Gasteiger partial charge >= 0.3 is 0 Å². The average Bonchev–Trinajstić information content (AvgIpc) is 2.74. The van der Waals surface area contributed by atoms with Crippen LogP contribution in [0, 0.1) is 0 Å². The van der Waals surface area contributed by atoms with Gasteiger partial charge in [0.05, 0.1) is 25.4 Å². The fourth-order valence-electron chi connectivity index (χ4n) is 3.11. The predicted molar refractivity (Wildman–Crippen MR) is 107 cm³/mol. The maximum absolute atomic E-state index is 9.25. The average molecular weight is 390 g/mol. The molecule has 146 valence electrons. The molecule has 27 heavy (non-hydrogen) atoms. The van der Waals surface area contributed by atoms with Crippen molar-refractivity contribution in [1.82, 2.24) is 0 Å². The molecule has 6 heteroatoms. The Balaban J connectivity index is 1.77. The second-order valence-electron chi connectivity index (χ2n) is 6.59. The van der Waals surface area contributed by atoms with E-state index in [1.54, 1.807) is 11.8 Å². The van der Waals surface area contributed by atoms with Crippen LogP contribution in [0.25, 0.3) is 0 Å². The Morgan fingerprint density at radius 3 is 2.22 bits per heavy atom. The topological polar surface area (TPSA) is 84.9 Å². The van der Waals surface area contributed by atoms with Crippen LogP contribution in [0.1, 0.15) is 41.1 Å². The van der Waals surface area contributed by atoms with Gasteiger partial charge in [-0.1, -0.05) is 48.5 Å². The maximum atomic E-state index is 9.25. The van der Waals surface area contributed by atoms with Crippen LogP contribution in [0.2, 0.25) is 0 Å². The van der Waals surface area contributed by atoms with E-state index in [1.165, 1.54) is 0 Å². The summed E-state index contributed by atoms with van der Waals surface area (Å²) in [5.41, 5.74) is 9.69. The maximum Gasteiger partial charge on any atom is 0.184 e. The monoisotopic (exact) mass is 389 g/mol. The Kier molecular flexibility index (Phi) is 7.70. The number of rotatable bonds is 8. The number of aliphatic hydroxyl groups excluding tert-OH is 2. The van der Waals surface area contributed by atoms with Gasteiger partial charge in [0, 0.05) is 30.0 Å². The van der Waals surface area contributed by atoms with Crippen LogP contribution in [0.5, 0.6) is 0 Å². The van der Waals surface area contributed by atoms with Crippen LogP contribution in [-0.4, -0.2) is 34.4 Å². The quantitative estimate of drug-likeness (QED) is 0.602. The number of ether oxygens (including phenoxy) is 2. The first-order valence-electron chi connectivity index (χ1n) is 9.21. The molecule has 2 aromatic carbocycles. The van der Waals surface area contributed by atoms with E-state index in [9.17, 15) is 5.11 Å². The van der Waals surface area contributed by atoms with Gasteiger partial charge in [-0.3, -0.25) is 0 Å². The highest BCUT2D eigenvalue weighted by molar-refractivity contribution is 7.99. The van der Waals surface area contributed by atoms with Gasteiger partial charge in [-0.15, -0.1) is 0 Å². The SMILES string of the molecule is NCc1ccc([C@@H]2O[C@H](CSCCO)C[C@H](c3ccc(CO)cc3)O2)cc1. The largest absolute Gasteiger partial charge is 0.396 e. The van der Waals surface area contributed by atoms with E-state index in [-0.39, 0.29) is 25.4 Å². The van der Waals surface area contributed by atoms with Gasteiger partial charge in [0.2, 0.25) is 0 Å². The van der Waals surface area contributed by atoms with E-state index in [4.69, 9.17) is 20.3 Å². The highest BCUT2D eigenvalue weighted by Gasteiger charge is 2.32. The molecule has 0 aromatic heterocycles. The van der Waals surface area contributed by atoms with Crippen LogP contribution < -0.4 is 5.73 Å². The van der Waals surface area contributed by atoms with Crippen molar-refractivity contribution < 1.29 is 19.7 Å². The van der Waals surface area contributed by atoms with E-state index in [2.05, 4.69) is 0 Å². The number of thioether (sulfide) groups is 1. The first kappa shape index (κ1) is 20.3. The molecule has 4 N–H and O–H groups in total. The van der Waals surface area contributed by atoms with Gasteiger partial charge < -0.3 is 25.4 Å². The van der Waals surface area contributed by atoms with Crippen LogP contribution in [-0.2, 0) is 22.6 Å². The lowest BCUT2D eigenvalue weighted by Crippen LogP contribution is -2.31. The van der Waals surface area contributed by atoms with Crippen molar-refractivity contribution in [1.29, 1.82) is 0 Å². The first-order valence-corrected chi connectivity index (χ1v) is 10.4. The van der Waals surface area contributed by atoms with Crippen LogP contribution in [0.4, 0.5) is 0 Å². The lowest BCUT2D eigenvalue weighted by molar-refractivity contribution is -0.245. The third-order valence-corrected chi connectivity index (χ3v) is 5.72. The molecule has 0 aliphatic carbocycles. The second kappa shape index (κ2) is 10.2. The summed E-state index contributed by atoms with van der Waals surface area (Å²) in [6.07, 6.45) is 0.282. The molecule has 1 aliphatic heterocycles. The van der Waals surface area contributed by atoms with Crippen molar-refractivity contribution in [2.75, 3.05) is 18.1 Å². The minimum absolute atomic E-state index is 0.0332. The van der Waals surface area contributed by atoms with Crippen LogP contribution in [0.3, 0.4) is 0 Å². The van der Waals surface area contributed by atoms with Crippen molar-refractivity contribution in [3.05, 3.63) is 70.8 Å². The van der Waals surface area contributed by atoms with Gasteiger partial charge in [0.25, 0.3) is 0 Å². The molecule has 3 atom stereocenters. The van der Waals surface area contributed by atoms with E-state index >= 15 is 0 Å². The van der Waals surface area contributed by atoms with Gasteiger partial charge in [-0.2, -0.15) is 11.8 Å². The Bertz CT molecular complexity index is 637. The fraction of sp³-hybridized carbons (Fsp3) is 0.429. The number of hydrogen-bond donors (Lipinski definition) is 3. The standard InChI is InChI=1S/C21H27NO4S/c22-12-15-1-7-18(8-2-15)21-25-19(14-27-10-9-23)11-20(26-21)17-5-3-16(13-24)4-6-17/h1-8,19-21,23-24H,9-14,22H2/t19-,20+,21+/m0/s1. The zero-order chi connectivity index (χ0) is 19.1. The molecule has 1 saturated heterocycles. The molecule has 3 rings (SSSR count). The van der Waals surface area contributed by atoms with Crippen molar-refractivity contribution >= 4 is 11.8 Å². The molecule has 1 aliphatic rings. The molecule has 1 fully saturated rings. The summed E-state index contributed by atoms with van der Waals surface area (Å²) in [5.74, 6) is 1.51. The summed E-state index contributed by atoms with van der Waals surface area (Å²) >= 11 is 1.69. The Hall–Kier alpha value is -1.41. The highest BCUT2D eigenvalue weighted by atomic mass is 32.2. The summed E-state index contributed by atoms with van der Waals surface area (Å²) in [4.78, 5) is 0. The molecule has 0 saturated carbocycles. The number of hydrogen-bond acceptors (Lipinski definition) is 6. The van der Waals surface area contributed by atoms with E-state index in [0.29, 0.717) is 12.3 Å². The summed E-state index contributed by atoms with van der Waals surface area (Å²) < 4.78 is 12.5. The zero-order valence-corrected chi connectivity index (χ0v) is 16.1. The molecule has 0 amide bonds. The molecule has 1 heterocycles. The summed E-state index contributed by atoms with van der Waals surface area (Å²) in [6.45, 7) is 0.711. The molecular weight excluding hydrogens is 362 g/mol. The van der Waals surface area contributed by atoms with Gasteiger partial charge in [0.15, 0.2) is 6.29 Å². The summed E-state index contributed by atoms with van der Waals surface area (Å²) in [6, 6.07) is 15.9. The van der Waals surface area contributed by atoms with E-state index in [0.717, 1.165) is 34.4 Å². The minimum Gasteiger partial charge on any atom is -0.396 e. The van der Waals surface area contributed by atoms with Gasteiger partial charge in [0.1, 0.15) is 0 Å². The van der Waals surface area contributed by atoms with Gasteiger partial charge in [-0.05, 0) is 16.7 Å². The molecular formula is C21H27NO4S. The van der Waals surface area contributed by atoms with Crippen LogP contribution in [0.15, 0.2) is 48.5 Å². The van der Waals surface area contributed by atoms with Crippen molar-refractivity contribution in [2.45, 2.75) is 38.1 Å². The molecule has 5 nitrogen and oxygen atoms in total. The molecule has 0 bridgehead atoms. The molecule has 0 radical (unpaired) electrons. The fourth-order valence-corrected chi connectivity index (χ4v) is 3.89. The second-order valence-corrected chi connectivity index (χ2v) is 7.74. The third-order valence-electron chi connectivity index (χ3n) is 4.64. The Morgan fingerprint density at radius 2 is 1.59 bits per heavy atom. The normalized spacial score (nSPS) is 22.7. The molecule has 2 aromatic rings. The predicted octanol–water partition coefficient (Wildman–Crippen LogP) is 2.91. The smallest absolute Gasteiger partial charge is 0.184 e. The molecule has 0 spiro atoms. The van der Waals surface area contributed by atoms with Crippen molar-refractivity contribution in [3.8, 4) is 0 Å². The van der Waals surface area contributed by atoms with E-state index in [1.807, 2.05) is 48.5 Å². The zero-order valence-electron chi connectivity index (χ0n) is 15.3. The summed E-state index contributed by atoms with van der Waals surface area (Å²) in [7, 11) is 0. The summed E-state index contributed by atoms with van der Waals surface area (Å²) in [5, 5.41) is 18.3. The van der Waals surface area contributed by atoms with Crippen LogP contribution >= 0.6 is 11.8 Å². The van der Waals surface area contributed by atoms with Crippen molar-refractivity contribution in [3.63, 3.8) is 0 Å². The van der Waals surface area contributed by atoms with Gasteiger partial charge in [-0.25, -0.2) is 0 Å². The number of nitrogens with two attached hydrogens (primary N) is 1. The molecule has 0 unspecified atom stereocenters. The minimum atomic E-state index is -0.437. The Labute approximate surface area is 164 Å². The van der Waals surface area contributed by atoms with Crippen molar-refractivity contribution in [2.24, 2.45) is 5.73 Å². The lowest BCUT2D eigenvalue weighted by Gasteiger charge is -2.36. The van der Waals surface area contributed by atoms with E-state index < -0.39 is 6.29 Å².